The molecule has 0 unspecified atom stereocenters. The second-order valence-corrected chi connectivity index (χ2v) is 8.70. The Balaban J connectivity index is 1.90. The minimum absolute atomic E-state index is 0.254. The number of methoxy groups -OCH3 is 2. The molecule has 3 atom stereocenters. The monoisotopic (exact) mass is 455 g/mol. The number of Topliss-reactive ketones (excluding diaryl/α,β-unsaturated/α-hetero) is 1. The number of hydrogen-bond donors (Lipinski definition) is 1. The molecule has 0 bridgehead atoms. The van der Waals surface area contributed by atoms with Gasteiger partial charge in [-0.25, -0.2) is 9.18 Å². The smallest absolute Gasteiger partial charge is 0.336 e. The predicted molar refractivity (Wildman–Crippen MR) is 116 cm³/mol. The van der Waals surface area contributed by atoms with Crippen LogP contribution in [0.3, 0.4) is 0 Å². The Bertz CT molecular complexity index is 1130. The Morgan fingerprint density at radius 1 is 1.12 bits per heavy atom. The van der Waals surface area contributed by atoms with Crippen LogP contribution in [0.2, 0.25) is 0 Å². The summed E-state index contributed by atoms with van der Waals surface area (Å²) in [4.78, 5) is 40.2. The number of esters is 2. The molecule has 2 aliphatic rings. The second kappa shape index (κ2) is 8.70. The van der Waals surface area contributed by atoms with Crippen molar-refractivity contribution in [2.45, 2.75) is 25.2 Å². The Morgan fingerprint density at radius 3 is 2.44 bits per heavy atom. The topological polar surface area (TPSA) is 81.7 Å². The summed E-state index contributed by atoms with van der Waals surface area (Å²) in [6.07, 6.45) is 0.394. The first kappa shape index (κ1) is 22.0. The standard InChI is InChI=1S/C24H22FNO5S/c1-12-18(23(28)30-2)19(13-6-8-14(25)9-7-13)21-16(26-12)11-15(17-5-4-10-32-17)20(22(21)27)24(29)31-3/h4-10,15,19-20,26H,11H2,1-3H3/t15-,19-,20-/m0/s1. The summed E-state index contributed by atoms with van der Waals surface area (Å²) in [5, 5.41) is 5.11. The molecule has 166 valence electrons. The molecule has 1 aliphatic carbocycles. The van der Waals surface area contributed by atoms with Gasteiger partial charge in [0.15, 0.2) is 5.78 Å². The van der Waals surface area contributed by atoms with Gasteiger partial charge in [0.25, 0.3) is 0 Å². The number of thiophene rings is 1. The van der Waals surface area contributed by atoms with Crippen LogP contribution in [0.5, 0.6) is 0 Å². The highest BCUT2D eigenvalue weighted by Crippen LogP contribution is 2.48. The normalized spacial score (nSPS) is 22.9. The van der Waals surface area contributed by atoms with E-state index >= 15 is 0 Å². The molecule has 0 saturated carbocycles. The van der Waals surface area contributed by atoms with E-state index in [2.05, 4.69) is 5.32 Å². The van der Waals surface area contributed by atoms with Crippen LogP contribution in [0, 0.1) is 11.7 Å². The molecule has 0 amide bonds. The van der Waals surface area contributed by atoms with E-state index in [1.807, 2.05) is 17.5 Å². The van der Waals surface area contributed by atoms with E-state index in [-0.39, 0.29) is 11.5 Å². The molecule has 0 fully saturated rings. The SMILES string of the molecule is COC(=O)C1=C(C)NC2=C(C(=O)[C@@H](C(=O)OC)[C@H](c3cccs3)C2)[C@H]1c1ccc(F)cc1. The van der Waals surface area contributed by atoms with Crippen LogP contribution >= 0.6 is 11.3 Å². The van der Waals surface area contributed by atoms with Crippen molar-refractivity contribution in [3.63, 3.8) is 0 Å². The summed E-state index contributed by atoms with van der Waals surface area (Å²) in [6.45, 7) is 1.74. The van der Waals surface area contributed by atoms with Gasteiger partial charge in [-0.2, -0.15) is 0 Å². The van der Waals surface area contributed by atoms with Crippen molar-refractivity contribution in [2.24, 2.45) is 5.92 Å². The van der Waals surface area contributed by atoms with Crippen LogP contribution in [0.4, 0.5) is 4.39 Å². The lowest BCUT2D eigenvalue weighted by molar-refractivity contribution is -0.149. The van der Waals surface area contributed by atoms with E-state index in [0.29, 0.717) is 29.0 Å². The molecule has 0 saturated heterocycles. The second-order valence-electron chi connectivity index (χ2n) is 7.72. The number of carbonyl (C=O) groups is 3. The Morgan fingerprint density at radius 2 is 1.84 bits per heavy atom. The summed E-state index contributed by atoms with van der Waals surface area (Å²) >= 11 is 1.47. The molecule has 4 rings (SSSR count). The first-order valence-corrected chi connectivity index (χ1v) is 10.9. The highest BCUT2D eigenvalue weighted by atomic mass is 32.1. The fourth-order valence-corrected chi connectivity index (χ4v) is 5.44. The Kier molecular flexibility index (Phi) is 5.97. The van der Waals surface area contributed by atoms with Gasteiger partial charge in [-0.15, -0.1) is 11.3 Å². The van der Waals surface area contributed by atoms with E-state index in [4.69, 9.17) is 9.47 Å². The number of halogens is 1. The number of hydrogen-bond acceptors (Lipinski definition) is 7. The third-order valence-corrected chi connectivity index (χ3v) is 7.00. The fraction of sp³-hybridized carbons (Fsp3) is 0.292. The van der Waals surface area contributed by atoms with Gasteiger partial charge in [0, 0.05) is 33.7 Å². The Labute approximate surface area is 188 Å². The number of ether oxygens (including phenoxy) is 2. The molecule has 1 aromatic heterocycles. The molecular weight excluding hydrogens is 433 g/mol. The summed E-state index contributed by atoms with van der Waals surface area (Å²) < 4.78 is 23.6. The Hall–Kier alpha value is -3.26. The number of carbonyl (C=O) groups excluding carboxylic acids is 3. The van der Waals surface area contributed by atoms with Gasteiger partial charge >= 0.3 is 11.9 Å². The van der Waals surface area contributed by atoms with Gasteiger partial charge in [0.2, 0.25) is 0 Å². The van der Waals surface area contributed by atoms with E-state index in [1.54, 1.807) is 6.92 Å². The van der Waals surface area contributed by atoms with Crippen LogP contribution in [-0.2, 0) is 23.9 Å². The molecule has 0 spiro atoms. The maximum Gasteiger partial charge on any atom is 0.336 e. The first-order valence-electron chi connectivity index (χ1n) is 10.1. The minimum atomic E-state index is -1.04. The van der Waals surface area contributed by atoms with Crippen molar-refractivity contribution in [1.82, 2.24) is 5.32 Å². The molecule has 1 N–H and O–H groups in total. The molecule has 6 nitrogen and oxygen atoms in total. The maximum atomic E-state index is 13.8. The van der Waals surface area contributed by atoms with Crippen molar-refractivity contribution in [3.8, 4) is 0 Å². The van der Waals surface area contributed by atoms with Gasteiger partial charge in [0.1, 0.15) is 11.7 Å². The third-order valence-electron chi connectivity index (χ3n) is 5.99. The number of allylic oxidation sites excluding steroid dienone is 3. The summed E-state index contributed by atoms with van der Waals surface area (Å²) in [6, 6.07) is 9.41. The summed E-state index contributed by atoms with van der Waals surface area (Å²) in [5.74, 6) is -4.28. The molecule has 1 aromatic carbocycles. The van der Waals surface area contributed by atoms with Gasteiger partial charge in [-0.3, -0.25) is 9.59 Å². The number of rotatable bonds is 4. The number of dihydropyridines is 1. The fourth-order valence-electron chi connectivity index (χ4n) is 4.57. The average Bonchev–Trinajstić information content (AvgIpc) is 3.32. The van der Waals surface area contributed by atoms with Crippen molar-refractivity contribution in [3.05, 3.63) is 80.6 Å². The van der Waals surface area contributed by atoms with Crippen LogP contribution in [0.1, 0.15) is 35.6 Å². The molecule has 1 aliphatic heterocycles. The van der Waals surface area contributed by atoms with Gasteiger partial charge in [-0.05, 0) is 42.5 Å². The van der Waals surface area contributed by atoms with Crippen molar-refractivity contribution in [2.75, 3.05) is 14.2 Å². The van der Waals surface area contributed by atoms with E-state index in [9.17, 15) is 18.8 Å². The molecule has 2 heterocycles. The molecule has 0 radical (unpaired) electrons. The molecule has 8 heteroatoms. The van der Waals surface area contributed by atoms with Crippen LogP contribution in [-0.4, -0.2) is 31.9 Å². The van der Waals surface area contributed by atoms with E-state index in [0.717, 1.165) is 4.88 Å². The summed E-state index contributed by atoms with van der Waals surface area (Å²) in [7, 11) is 2.52. The number of benzene rings is 1. The highest BCUT2D eigenvalue weighted by Gasteiger charge is 2.49. The zero-order chi connectivity index (χ0) is 23.0. The predicted octanol–water partition coefficient (Wildman–Crippen LogP) is 3.82. The zero-order valence-electron chi connectivity index (χ0n) is 17.8. The number of nitrogens with one attached hydrogen (secondary N) is 1. The maximum absolute atomic E-state index is 13.8. The first-order chi connectivity index (χ1) is 15.4. The largest absolute Gasteiger partial charge is 0.468 e. The van der Waals surface area contributed by atoms with Crippen molar-refractivity contribution >= 4 is 29.1 Å². The summed E-state index contributed by atoms with van der Waals surface area (Å²) in [5.41, 5.74) is 2.33. The van der Waals surface area contributed by atoms with Gasteiger partial charge in [0.05, 0.1) is 19.8 Å². The molecule has 32 heavy (non-hydrogen) atoms. The third kappa shape index (κ3) is 3.64. The van der Waals surface area contributed by atoms with Crippen LogP contribution < -0.4 is 5.32 Å². The van der Waals surface area contributed by atoms with Crippen molar-refractivity contribution < 1.29 is 28.2 Å². The lowest BCUT2D eigenvalue weighted by Gasteiger charge is -2.39. The van der Waals surface area contributed by atoms with E-state index in [1.165, 1.54) is 49.8 Å². The zero-order valence-corrected chi connectivity index (χ0v) is 18.6. The van der Waals surface area contributed by atoms with Crippen molar-refractivity contribution in [1.29, 1.82) is 0 Å². The van der Waals surface area contributed by atoms with Gasteiger partial charge in [-0.1, -0.05) is 18.2 Å². The van der Waals surface area contributed by atoms with Crippen LogP contribution in [0.25, 0.3) is 0 Å². The lowest BCUT2D eigenvalue weighted by atomic mass is 9.68. The molecule has 2 aromatic rings. The average molecular weight is 456 g/mol. The number of ketones is 1. The minimum Gasteiger partial charge on any atom is -0.468 e. The lowest BCUT2D eigenvalue weighted by Crippen LogP contribution is -2.43. The van der Waals surface area contributed by atoms with Crippen LogP contribution in [0.15, 0.2) is 64.3 Å². The quantitative estimate of drug-likeness (QED) is 0.558. The van der Waals surface area contributed by atoms with Gasteiger partial charge < -0.3 is 14.8 Å². The van der Waals surface area contributed by atoms with E-state index < -0.39 is 35.4 Å². The highest BCUT2D eigenvalue weighted by molar-refractivity contribution is 7.10. The molecular formula is C24H22FNO5S.